The van der Waals surface area contributed by atoms with E-state index in [1.54, 1.807) is 12.2 Å². The number of carbonyl (C=O) groups is 3. The molecule has 4 N–H and O–H groups in total. The van der Waals surface area contributed by atoms with Crippen LogP contribution in [0.5, 0.6) is 0 Å². The van der Waals surface area contributed by atoms with Crippen molar-refractivity contribution in [3.05, 3.63) is 48.6 Å². The molecule has 0 aliphatic carbocycles. The average Bonchev–Trinajstić information content (AvgIpc) is 3.17. The maximum absolute atomic E-state index is 12.6. The van der Waals surface area contributed by atoms with Crippen LogP contribution in [0.25, 0.3) is 0 Å². The largest absolute Gasteiger partial charge is 0.472 e. The van der Waals surface area contributed by atoms with Crippen LogP contribution in [0.3, 0.4) is 0 Å². The molecule has 3 atom stereocenters. The molecule has 0 aliphatic heterocycles. The highest BCUT2D eigenvalue weighted by Gasteiger charge is 2.28. The Morgan fingerprint density at radius 1 is 0.552 bits per heavy atom. The lowest BCUT2D eigenvalue weighted by molar-refractivity contribution is -0.161. The fourth-order valence-electron chi connectivity index (χ4n) is 5.36. The van der Waals surface area contributed by atoms with Gasteiger partial charge in [0.15, 0.2) is 11.9 Å². The van der Waals surface area contributed by atoms with Crippen LogP contribution in [0.4, 0.5) is 0 Å². The third-order valence-corrected chi connectivity index (χ3v) is 10.1. The standard InChI is InChI=1S/C42H74O14P2/c1-3-5-7-9-11-12-13-14-15-16-17-18-20-24-28-32-41(45)52-36-40(37-55-58(50,51)54-35-39(44)34-53-57(47,48)49)56-42(46)33-29-25-21-23-27-31-38(43)30-26-22-19-10-8-6-4-2/h11-12,14-15,19,22,26,30,39-40,44H,3-10,13,16-18,20-21,23-25,27-29,31-37H2,1-2H3,(H,50,51)(H2,47,48,49)/b12-11-,15-14-,22-19-,30-26+/t39-,40+/m0/s1. The highest BCUT2D eigenvalue weighted by Crippen LogP contribution is 2.43. The minimum absolute atomic E-state index is 0.0434. The van der Waals surface area contributed by atoms with Crippen molar-refractivity contribution in [2.45, 2.75) is 174 Å². The van der Waals surface area contributed by atoms with Crippen LogP contribution < -0.4 is 0 Å². The summed E-state index contributed by atoms with van der Waals surface area (Å²) in [6, 6.07) is 0. The van der Waals surface area contributed by atoms with Gasteiger partial charge in [-0.2, -0.15) is 0 Å². The molecule has 0 aromatic rings. The van der Waals surface area contributed by atoms with E-state index in [1.165, 1.54) is 32.1 Å². The van der Waals surface area contributed by atoms with Gasteiger partial charge in [0.1, 0.15) is 12.7 Å². The predicted octanol–water partition coefficient (Wildman–Crippen LogP) is 9.85. The normalized spacial score (nSPS) is 14.4. The second kappa shape index (κ2) is 37.7. The zero-order valence-electron chi connectivity index (χ0n) is 35.1. The van der Waals surface area contributed by atoms with Gasteiger partial charge in [-0.25, -0.2) is 9.13 Å². The Hall–Kier alpha value is -2.25. The molecule has 0 radical (unpaired) electrons. The van der Waals surface area contributed by atoms with Crippen molar-refractivity contribution in [1.82, 2.24) is 0 Å². The molecule has 0 saturated carbocycles. The van der Waals surface area contributed by atoms with E-state index in [-0.39, 0.29) is 18.6 Å². The number of esters is 2. The predicted molar refractivity (Wildman–Crippen MR) is 226 cm³/mol. The van der Waals surface area contributed by atoms with E-state index in [0.29, 0.717) is 19.3 Å². The maximum atomic E-state index is 12.6. The van der Waals surface area contributed by atoms with E-state index in [1.807, 2.05) is 6.08 Å². The molecule has 0 rings (SSSR count). The topological polar surface area (TPSA) is 212 Å². The molecular weight excluding hydrogens is 790 g/mol. The molecule has 0 bridgehead atoms. The summed E-state index contributed by atoms with van der Waals surface area (Å²) in [4.78, 5) is 64.7. The van der Waals surface area contributed by atoms with Gasteiger partial charge in [0.05, 0.1) is 19.8 Å². The number of phosphoric ester groups is 2. The quantitative estimate of drug-likeness (QED) is 0.0113. The summed E-state index contributed by atoms with van der Waals surface area (Å²) in [6.45, 7) is 1.52. The Morgan fingerprint density at radius 2 is 1.05 bits per heavy atom. The number of aliphatic hydroxyl groups is 1. The van der Waals surface area contributed by atoms with Crippen LogP contribution in [-0.2, 0) is 46.6 Å². The number of allylic oxidation sites excluding steroid dienone is 8. The number of phosphoric acid groups is 2. The first-order valence-electron chi connectivity index (χ1n) is 21.3. The molecule has 16 heteroatoms. The molecule has 0 heterocycles. The molecule has 0 spiro atoms. The monoisotopic (exact) mass is 864 g/mol. The maximum Gasteiger partial charge on any atom is 0.472 e. The van der Waals surface area contributed by atoms with Crippen molar-refractivity contribution in [2.75, 3.05) is 26.4 Å². The number of ether oxygens (including phenoxy) is 2. The first-order valence-corrected chi connectivity index (χ1v) is 24.3. The summed E-state index contributed by atoms with van der Waals surface area (Å²) >= 11 is 0. The van der Waals surface area contributed by atoms with E-state index < -0.39 is 66.2 Å². The van der Waals surface area contributed by atoms with Gasteiger partial charge >= 0.3 is 27.6 Å². The molecule has 0 aromatic heterocycles. The molecule has 0 amide bonds. The minimum Gasteiger partial charge on any atom is -0.462 e. The highest BCUT2D eigenvalue weighted by molar-refractivity contribution is 7.47. The second-order valence-corrected chi connectivity index (χ2v) is 17.0. The smallest absolute Gasteiger partial charge is 0.462 e. The molecule has 0 saturated heterocycles. The lowest BCUT2D eigenvalue weighted by atomic mass is 10.1. The zero-order valence-corrected chi connectivity index (χ0v) is 36.9. The van der Waals surface area contributed by atoms with Gasteiger partial charge < -0.3 is 29.3 Å². The fourth-order valence-corrected chi connectivity index (χ4v) is 6.51. The molecule has 336 valence electrons. The van der Waals surface area contributed by atoms with Gasteiger partial charge in [0.2, 0.25) is 0 Å². The number of hydrogen-bond acceptors (Lipinski definition) is 11. The average molecular weight is 865 g/mol. The Morgan fingerprint density at radius 3 is 1.66 bits per heavy atom. The first-order chi connectivity index (χ1) is 27.8. The van der Waals surface area contributed by atoms with Crippen molar-refractivity contribution in [3.63, 3.8) is 0 Å². The number of ketones is 1. The molecule has 0 aliphatic rings. The summed E-state index contributed by atoms with van der Waals surface area (Å²) < 4.78 is 47.6. The number of unbranched alkanes of at least 4 members (excludes halogenated alkanes) is 15. The number of carbonyl (C=O) groups excluding carboxylic acids is 3. The first kappa shape index (κ1) is 55.8. The van der Waals surface area contributed by atoms with Crippen molar-refractivity contribution >= 4 is 33.4 Å². The summed E-state index contributed by atoms with van der Waals surface area (Å²) in [5, 5.41) is 9.73. The van der Waals surface area contributed by atoms with Crippen LogP contribution in [0.15, 0.2) is 48.6 Å². The van der Waals surface area contributed by atoms with E-state index in [9.17, 15) is 33.5 Å². The van der Waals surface area contributed by atoms with E-state index >= 15 is 0 Å². The summed E-state index contributed by atoms with van der Waals surface area (Å²) in [7, 11) is -9.72. The van der Waals surface area contributed by atoms with Crippen LogP contribution in [0, 0.1) is 0 Å². The Bertz CT molecular complexity index is 1280. The van der Waals surface area contributed by atoms with Gasteiger partial charge in [0, 0.05) is 19.3 Å². The summed E-state index contributed by atoms with van der Waals surface area (Å²) in [6.07, 6.45) is 33.5. The lowest BCUT2D eigenvalue weighted by Gasteiger charge is -2.20. The highest BCUT2D eigenvalue weighted by atomic mass is 31.2. The number of hydrogen-bond donors (Lipinski definition) is 4. The molecule has 58 heavy (non-hydrogen) atoms. The van der Waals surface area contributed by atoms with E-state index in [0.717, 1.165) is 83.5 Å². The van der Waals surface area contributed by atoms with Crippen molar-refractivity contribution < 1.29 is 66.3 Å². The zero-order chi connectivity index (χ0) is 43.2. The number of rotatable bonds is 40. The van der Waals surface area contributed by atoms with Crippen LogP contribution in [-0.4, -0.2) is 76.1 Å². The van der Waals surface area contributed by atoms with Gasteiger partial charge in [-0.1, -0.05) is 121 Å². The minimum atomic E-state index is -4.88. The Balaban J connectivity index is 4.65. The van der Waals surface area contributed by atoms with Crippen LogP contribution >= 0.6 is 15.6 Å². The molecule has 14 nitrogen and oxygen atoms in total. The Kier molecular flexibility index (Phi) is 36.3. The van der Waals surface area contributed by atoms with Gasteiger partial charge in [0.25, 0.3) is 0 Å². The van der Waals surface area contributed by atoms with Gasteiger partial charge in [-0.3, -0.25) is 28.0 Å². The number of aliphatic hydroxyl groups excluding tert-OH is 1. The summed E-state index contributed by atoms with van der Waals surface area (Å²) in [5.74, 6) is -1.07. The molecular formula is C42H74O14P2. The second-order valence-electron chi connectivity index (χ2n) is 14.3. The molecule has 0 aromatic carbocycles. The van der Waals surface area contributed by atoms with Crippen molar-refractivity contribution in [3.8, 4) is 0 Å². The van der Waals surface area contributed by atoms with Crippen LogP contribution in [0.2, 0.25) is 0 Å². The molecule has 1 unspecified atom stereocenters. The summed E-state index contributed by atoms with van der Waals surface area (Å²) in [5.41, 5.74) is 0. The SMILES string of the molecule is CCCCC/C=C\C=C\C(=O)CCCCCCCC(=O)O[C@H](COC(=O)CCCCCCC/C=C\C/C=C\CCCCC)COP(=O)(O)OC[C@@H](O)COP(=O)(O)O. The third kappa shape index (κ3) is 40.5. The van der Waals surface area contributed by atoms with Crippen LogP contribution in [0.1, 0.15) is 162 Å². The lowest BCUT2D eigenvalue weighted by Crippen LogP contribution is -2.30. The van der Waals surface area contributed by atoms with E-state index in [2.05, 4.69) is 53.3 Å². The van der Waals surface area contributed by atoms with E-state index in [4.69, 9.17) is 23.8 Å². The Labute approximate surface area is 347 Å². The molecule has 0 fully saturated rings. The van der Waals surface area contributed by atoms with Gasteiger partial charge in [-0.05, 0) is 70.3 Å². The van der Waals surface area contributed by atoms with Gasteiger partial charge in [-0.15, -0.1) is 0 Å². The fraction of sp³-hybridized carbons (Fsp3) is 0.738. The van der Waals surface area contributed by atoms with Crippen molar-refractivity contribution in [1.29, 1.82) is 0 Å². The van der Waals surface area contributed by atoms with Crippen molar-refractivity contribution in [2.24, 2.45) is 0 Å². The third-order valence-electron chi connectivity index (χ3n) is 8.66.